The molecule has 0 unspecified atom stereocenters. The van der Waals surface area contributed by atoms with Crippen LogP contribution in [0, 0.1) is 6.92 Å². The zero-order valence-corrected chi connectivity index (χ0v) is 16.0. The number of hydrogen-bond acceptors (Lipinski definition) is 5. The number of nitrogens with zero attached hydrogens (tertiary/aromatic N) is 6. The predicted octanol–water partition coefficient (Wildman–Crippen LogP) is 2.84. The Morgan fingerprint density at radius 3 is 2.61 bits per heavy atom. The van der Waals surface area contributed by atoms with Crippen LogP contribution in [0.4, 0.5) is 0 Å². The lowest BCUT2D eigenvalue weighted by Gasteiger charge is -2.32. The molecule has 0 radical (unpaired) electrons. The molecule has 1 saturated heterocycles. The molecule has 0 aromatic carbocycles. The molecule has 0 N–H and O–H groups in total. The molecule has 1 aliphatic heterocycles. The number of rotatable bonds is 5. The number of amides is 1. The van der Waals surface area contributed by atoms with Gasteiger partial charge in [-0.2, -0.15) is 5.10 Å². The molecule has 1 aliphatic rings. The molecule has 3 aromatic rings. The number of carbonyl (C=O) groups is 1. The minimum Gasteiger partial charge on any atom is -0.343 e. The van der Waals surface area contributed by atoms with Gasteiger partial charge in [0.2, 0.25) is 5.91 Å². The van der Waals surface area contributed by atoms with Crippen LogP contribution in [0.3, 0.4) is 0 Å². The molecule has 0 spiro atoms. The van der Waals surface area contributed by atoms with E-state index in [9.17, 15) is 4.79 Å². The second-order valence-electron chi connectivity index (χ2n) is 7.16. The molecule has 4 rings (SSSR count). The maximum absolute atomic E-state index is 12.6. The van der Waals surface area contributed by atoms with Crippen molar-refractivity contribution in [2.24, 2.45) is 0 Å². The summed E-state index contributed by atoms with van der Waals surface area (Å²) >= 11 is 0. The van der Waals surface area contributed by atoms with Gasteiger partial charge in [0, 0.05) is 68.0 Å². The van der Waals surface area contributed by atoms with E-state index in [4.69, 9.17) is 0 Å². The second kappa shape index (κ2) is 8.29. The minimum atomic E-state index is 0.199. The Bertz CT molecular complexity index is 931. The summed E-state index contributed by atoms with van der Waals surface area (Å²) < 4.78 is 1.88. The molecule has 144 valence electrons. The lowest BCUT2D eigenvalue weighted by molar-refractivity contribution is -0.132. The van der Waals surface area contributed by atoms with E-state index in [0.717, 1.165) is 48.4 Å². The Hall–Kier alpha value is -3.09. The van der Waals surface area contributed by atoms with Crippen molar-refractivity contribution in [3.63, 3.8) is 0 Å². The van der Waals surface area contributed by atoms with Crippen LogP contribution in [0.25, 0.3) is 11.1 Å². The summed E-state index contributed by atoms with van der Waals surface area (Å²) in [5, 5.41) is 4.25. The average molecular weight is 376 g/mol. The van der Waals surface area contributed by atoms with E-state index in [1.807, 2.05) is 40.9 Å². The molecule has 0 aliphatic carbocycles. The average Bonchev–Trinajstić information content (AvgIpc) is 3.17. The van der Waals surface area contributed by atoms with Crippen molar-refractivity contribution in [1.29, 1.82) is 0 Å². The van der Waals surface area contributed by atoms with Crippen LogP contribution in [0.5, 0.6) is 0 Å². The standard InChI is InChI=1S/C21H24N6O/c1-16-2-10-25-27(16)13-7-20(28)26-11-5-18(6-12-26)21-19(14-23-15-24-21)17-3-8-22-9-4-17/h2-4,8-10,14-15,18H,5-7,11-13H2,1H3. The summed E-state index contributed by atoms with van der Waals surface area (Å²) in [4.78, 5) is 27.4. The van der Waals surface area contributed by atoms with Crippen molar-refractivity contribution in [2.75, 3.05) is 13.1 Å². The predicted molar refractivity (Wildman–Crippen MR) is 105 cm³/mol. The largest absolute Gasteiger partial charge is 0.343 e. The van der Waals surface area contributed by atoms with Crippen LogP contribution in [-0.4, -0.2) is 48.6 Å². The molecule has 0 atom stereocenters. The van der Waals surface area contributed by atoms with Crippen LogP contribution < -0.4 is 0 Å². The number of pyridine rings is 1. The van der Waals surface area contributed by atoms with E-state index in [1.54, 1.807) is 24.9 Å². The molecule has 1 fully saturated rings. The van der Waals surface area contributed by atoms with Gasteiger partial charge in [-0.15, -0.1) is 0 Å². The molecule has 0 saturated carbocycles. The summed E-state index contributed by atoms with van der Waals surface area (Å²) in [5.41, 5.74) is 4.29. The number of aryl methyl sites for hydroxylation is 2. The Kier molecular flexibility index (Phi) is 5.41. The van der Waals surface area contributed by atoms with E-state index >= 15 is 0 Å². The Morgan fingerprint density at radius 1 is 1.11 bits per heavy atom. The number of carbonyl (C=O) groups excluding carboxylic acids is 1. The lowest BCUT2D eigenvalue weighted by atomic mass is 9.89. The van der Waals surface area contributed by atoms with E-state index in [1.165, 1.54) is 0 Å². The molecule has 7 nitrogen and oxygen atoms in total. The summed E-state index contributed by atoms with van der Waals surface area (Å²) in [6.07, 6.45) is 11.2. The van der Waals surface area contributed by atoms with Crippen LogP contribution in [0.15, 0.2) is 49.3 Å². The Morgan fingerprint density at radius 2 is 1.89 bits per heavy atom. The van der Waals surface area contributed by atoms with E-state index in [-0.39, 0.29) is 5.91 Å². The third-order valence-corrected chi connectivity index (χ3v) is 5.44. The van der Waals surface area contributed by atoms with Gasteiger partial charge in [-0.1, -0.05) is 0 Å². The molecule has 4 heterocycles. The summed E-state index contributed by atoms with van der Waals surface area (Å²) in [5.74, 6) is 0.536. The fourth-order valence-corrected chi connectivity index (χ4v) is 3.81. The summed E-state index contributed by atoms with van der Waals surface area (Å²) in [6.45, 7) is 4.17. The Labute approximate surface area is 164 Å². The van der Waals surface area contributed by atoms with Gasteiger partial charge in [0.25, 0.3) is 0 Å². The Balaban J connectivity index is 1.38. The van der Waals surface area contributed by atoms with Crippen LogP contribution in [-0.2, 0) is 11.3 Å². The third-order valence-electron chi connectivity index (χ3n) is 5.44. The smallest absolute Gasteiger partial charge is 0.224 e. The van der Waals surface area contributed by atoms with E-state index in [0.29, 0.717) is 18.9 Å². The van der Waals surface area contributed by atoms with Crippen LogP contribution >= 0.6 is 0 Å². The molecular formula is C21H24N6O. The van der Waals surface area contributed by atoms with E-state index < -0.39 is 0 Å². The molecular weight excluding hydrogens is 352 g/mol. The van der Waals surface area contributed by atoms with Gasteiger partial charge in [0.05, 0.1) is 5.69 Å². The van der Waals surface area contributed by atoms with Gasteiger partial charge in [0.1, 0.15) is 6.33 Å². The highest BCUT2D eigenvalue weighted by atomic mass is 16.2. The highest BCUT2D eigenvalue weighted by Gasteiger charge is 2.26. The third kappa shape index (κ3) is 3.93. The van der Waals surface area contributed by atoms with Gasteiger partial charge in [0.15, 0.2) is 0 Å². The van der Waals surface area contributed by atoms with Gasteiger partial charge in [-0.25, -0.2) is 9.97 Å². The fraction of sp³-hybridized carbons (Fsp3) is 0.381. The first-order valence-electron chi connectivity index (χ1n) is 9.69. The van der Waals surface area contributed by atoms with Crippen LogP contribution in [0.1, 0.15) is 36.6 Å². The van der Waals surface area contributed by atoms with Gasteiger partial charge < -0.3 is 4.90 Å². The van der Waals surface area contributed by atoms with Gasteiger partial charge in [-0.3, -0.25) is 14.5 Å². The van der Waals surface area contributed by atoms with Crippen molar-refractivity contribution in [3.05, 3.63) is 60.7 Å². The van der Waals surface area contributed by atoms with Crippen molar-refractivity contribution < 1.29 is 4.79 Å². The number of aromatic nitrogens is 5. The van der Waals surface area contributed by atoms with Crippen LogP contribution in [0.2, 0.25) is 0 Å². The first kappa shape index (κ1) is 18.3. The zero-order chi connectivity index (χ0) is 19.3. The second-order valence-corrected chi connectivity index (χ2v) is 7.16. The topological polar surface area (TPSA) is 76.8 Å². The van der Waals surface area contributed by atoms with Gasteiger partial charge in [-0.05, 0) is 43.5 Å². The molecule has 1 amide bonds. The lowest BCUT2D eigenvalue weighted by Crippen LogP contribution is -2.38. The first-order valence-corrected chi connectivity index (χ1v) is 9.69. The normalized spacial score (nSPS) is 15.0. The van der Waals surface area contributed by atoms with E-state index in [2.05, 4.69) is 20.1 Å². The van der Waals surface area contributed by atoms with Crippen molar-refractivity contribution in [2.45, 2.75) is 38.6 Å². The van der Waals surface area contributed by atoms with Gasteiger partial charge >= 0.3 is 0 Å². The van der Waals surface area contributed by atoms with Crippen molar-refractivity contribution in [3.8, 4) is 11.1 Å². The summed E-state index contributed by atoms with van der Waals surface area (Å²) in [7, 11) is 0. The number of piperidine rings is 1. The highest BCUT2D eigenvalue weighted by Crippen LogP contribution is 2.33. The SMILES string of the molecule is Cc1ccnn1CCC(=O)N1CCC(c2ncncc2-c2ccncc2)CC1. The number of hydrogen-bond donors (Lipinski definition) is 0. The number of likely N-dealkylation sites (tertiary alicyclic amines) is 1. The fourth-order valence-electron chi connectivity index (χ4n) is 3.81. The highest BCUT2D eigenvalue weighted by molar-refractivity contribution is 5.76. The molecule has 7 heteroatoms. The molecule has 0 bridgehead atoms. The maximum atomic E-state index is 12.6. The first-order chi connectivity index (χ1) is 13.7. The molecule has 3 aromatic heterocycles. The summed E-state index contributed by atoms with van der Waals surface area (Å²) in [6, 6.07) is 5.92. The van der Waals surface area contributed by atoms with Crippen molar-refractivity contribution >= 4 is 5.91 Å². The monoisotopic (exact) mass is 376 g/mol. The zero-order valence-electron chi connectivity index (χ0n) is 16.0. The van der Waals surface area contributed by atoms with Crippen molar-refractivity contribution in [1.82, 2.24) is 29.6 Å². The minimum absolute atomic E-state index is 0.199. The molecule has 28 heavy (non-hydrogen) atoms. The quantitative estimate of drug-likeness (QED) is 0.684. The maximum Gasteiger partial charge on any atom is 0.224 e.